The van der Waals surface area contributed by atoms with E-state index >= 15 is 0 Å². The molecule has 2 aromatic rings. The van der Waals surface area contributed by atoms with Crippen molar-refractivity contribution in [1.29, 1.82) is 0 Å². The van der Waals surface area contributed by atoms with E-state index in [1.807, 2.05) is 0 Å². The second-order valence-electron chi connectivity index (χ2n) is 3.55. The lowest BCUT2D eigenvalue weighted by molar-refractivity contribution is 0.0690. The van der Waals surface area contributed by atoms with Crippen LogP contribution in [0.4, 0.5) is 10.2 Å². The maximum atomic E-state index is 13.4. The van der Waals surface area contributed by atoms with Gasteiger partial charge in [-0.1, -0.05) is 11.6 Å². The Kier molecular flexibility index (Phi) is 3.48. The van der Waals surface area contributed by atoms with Crippen molar-refractivity contribution in [2.24, 2.45) is 0 Å². The van der Waals surface area contributed by atoms with E-state index < -0.39 is 17.7 Å². The predicted molar refractivity (Wildman–Crippen MR) is 64.9 cm³/mol. The maximum absolute atomic E-state index is 13.4. The Morgan fingerprint density at radius 2 is 2.11 bits per heavy atom. The van der Waals surface area contributed by atoms with Gasteiger partial charge in [-0.25, -0.2) is 9.18 Å². The highest BCUT2D eigenvalue weighted by Gasteiger charge is 2.15. The van der Waals surface area contributed by atoms with Crippen LogP contribution in [-0.2, 0) is 0 Å². The molecule has 0 unspecified atom stereocenters. The lowest BCUT2D eigenvalue weighted by atomic mass is 10.2. The number of nitrogens with zero attached hydrogens (tertiary/aromatic N) is 1. The number of H-pyrrole nitrogens is 1. The number of amides is 1. The number of carbonyl (C=O) groups is 2. The van der Waals surface area contributed by atoms with Crippen LogP contribution in [0.5, 0.6) is 0 Å². The minimum absolute atomic E-state index is 0.0261. The molecule has 1 aromatic carbocycles. The number of carboxylic acid groups (broad SMARTS) is 1. The third-order valence-electron chi connectivity index (χ3n) is 2.22. The monoisotopic (exact) mass is 283 g/mol. The van der Waals surface area contributed by atoms with Gasteiger partial charge in [0.25, 0.3) is 5.91 Å². The molecule has 1 aromatic heterocycles. The molecule has 19 heavy (non-hydrogen) atoms. The highest BCUT2D eigenvalue weighted by molar-refractivity contribution is 6.31. The van der Waals surface area contributed by atoms with Gasteiger partial charge < -0.3 is 10.4 Å². The van der Waals surface area contributed by atoms with Gasteiger partial charge in [-0.15, -0.1) is 0 Å². The molecule has 0 saturated heterocycles. The van der Waals surface area contributed by atoms with E-state index in [0.717, 1.165) is 18.2 Å². The number of hydrogen-bond donors (Lipinski definition) is 3. The molecular weight excluding hydrogens is 277 g/mol. The van der Waals surface area contributed by atoms with Crippen molar-refractivity contribution in [3.63, 3.8) is 0 Å². The molecule has 8 heteroatoms. The molecule has 6 nitrogen and oxygen atoms in total. The Morgan fingerprint density at radius 1 is 1.37 bits per heavy atom. The standard InChI is InChI=1S/C11H7ClFN3O3/c12-5-1-2-7(13)6(3-5)10(17)14-9-4-8(11(18)19)15-16-9/h1-4H,(H,18,19)(H2,14,15,16,17). The summed E-state index contributed by atoms with van der Waals surface area (Å²) in [6.07, 6.45) is 0. The number of rotatable bonds is 3. The molecule has 1 amide bonds. The number of nitrogens with one attached hydrogen (secondary N) is 2. The van der Waals surface area contributed by atoms with Gasteiger partial charge in [0.05, 0.1) is 5.56 Å². The molecule has 0 spiro atoms. The first-order valence-electron chi connectivity index (χ1n) is 5.02. The predicted octanol–water partition coefficient (Wildman–Crippen LogP) is 2.15. The largest absolute Gasteiger partial charge is 0.477 e. The molecule has 0 fully saturated rings. The van der Waals surface area contributed by atoms with Crippen molar-refractivity contribution in [3.8, 4) is 0 Å². The zero-order valence-corrected chi connectivity index (χ0v) is 10.0. The minimum atomic E-state index is -1.22. The van der Waals surface area contributed by atoms with E-state index in [0.29, 0.717) is 0 Å². The van der Waals surface area contributed by atoms with E-state index in [4.69, 9.17) is 16.7 Å². The highest BCUT2D eigenvalue weighted by Crippen LogP contribution is 2.16. The number of aromatic amines is 1. The summed E-state index contributed by atoms with van der Waals surface area (Å²) >= 11 is 5.66. The van der Waals surface area contributed by atoms with Crippen LogP contribution < -0.4 is 5.32 Å². The third-order valence-corrected chi connectivity index (χ3v) is 2.46. The Balaban J connectivity index is 2.20. The summed E-state index contributed by atoms with van der Waals surface area (Å²) in [5.41, 5.74) is -0.450. The summed E-state index contributed by atoms with van der Waals surface area (Å²) < 4.78 is 13.4. The molecule has 0 aliphatic rings. The van der Waals surface area contributed by atoms with Crippen LogP contribution in [-0.4, -0.2) is 27.2 Å². The molecule has 0 saturated carbocycles. The van der Waals surface area contributed by atoms with Crippen molar-refractivity contribution in [2.45, 2.75) is 0 Å². The molecule has 98 valence electrons. The van der Waals surface area contributed by atoms with E-state index in [9.17, 15) is 14.0 Å². The van der Waals surface area contributed by atoms with Gasteiger partial charge >= 0.3 is 5.97 Å². The summed E-state index contributed by atoms with van der Waals surface area (Å²) in [7, 11) is 0. The fraction of sp³-hybridized carbons (Fsp3) is 0. The first kappa shape index (κ1) is 13.0. The van der Waals surface area contributed by atoms with E-state index in [1.165, 1.54) is 6.07 Å². The number of hydrogen-bond acceptors (Lipinski definition) is 3. The quantitative estimate of drug-likeness (QED) is 0.804. The minimum Gasteiger partial charge on any atom is -0.477 e. The molecule has 0 atom stereocenters. The van der Waals surface area contributed by atoms with Crippen LogP contribution in [0.25, 0.3) is 0 Å². The molecular formula is C11H7ClFN3O3. The second-order valence-corrected chi connectivity index (χ2v) is 3.99. The highest BCUT2D eigenvalue weighted by atomic mass is 35.5. The van der Waals surface area contributed by atoms with Gasteiger partial charge in [0.1, 0.15) is 11.5 Å². The number of carboxylic acids is 1. The van der Waals surface area contributed by atoms with Gasteiger partial charge in [-0.05, 0) is 18.2 Å². The van der Waals surface area contributed by atoms with E-state index in [1.54, 1.807) is 0 Å². The molecule has 1 heterocycles. The lowest BCUT2D eigenvalue weighted by Crippen LogP contribution is -2.14. The SMILES string of the molecule is O=C(O)c1cc(NC(=O)c2cc(Cl)ccc2F)n[nH]1. The fourth-order valence-corrected chi connectivity index (χ4v) is 1.52. The van der Waals surface area contributed by atoms with Crippen LogP contribution in [0.15, 0.2) is 24.3 Å². The zero-order chi connectivity index (χ0) is 14.0. The average molecular weight is 284 g/mol. The molecule has 0 aliphatic heterocycles. The zero-order valence-electron chi connectivity index (χ0n) is 9.28. The number of aromatic carboxylic acids is 1. The molecule has 3 N–H and O–H groups in total. The van der Waals surface area contributed by atoms with Crippen LogP contribution in [0, 0.1) is 5.82 Å². The lowest BCUT2D eigenvalue weighted by Gasteiger charge is -2.03. The summed E-state index contributed by atoms with van der Waals surface area (Å²) in [6, 6.07) is 4.65. The van der Waals surface area contributed by atoms with Crippen LogP contribution >= 0.6 is 11.6 Å². The first-order valence-corrected chi connectivity index (χ1v) is 5.40. The van der Waals surface area contributed by atoms with Crippen molar-refractivity contribution in [2.75, 3.05) is 5.32 Å². The number of aromatic nitrogens is 2. The number of carbonyl (C=O) groups excluding carboxylic acids is 1. The average Bonchev–Trinajstić information content (AvgIpc) is 2.80. The van der Waals surface area contributed by atoms with Crippen molar-refractivity contribution in [3.05, 3.63) is 46.4 Å². The Labute approximate surface area is 111 Å². The first-order chi connectivity index (χ1) is 8.97. The van der Waals surface area contributed by atoms with Crippen LogP contribution in [0.3, 0.4) is 0 Å². The van der Waals surface area contributed by atoms with Gasteiger partial charge in [0.2, 0.25) is 0 Å². The summed E-state index contributed by atoms with van der Waals surface area (Å²) in [5.74, 6) is -2.76. The van der Waals surface area contributed by atoms with Crippen molar-refractivity contribution in [1.82, 2.24) is 10.2 Å². The summed E-state index contributed by atoms with van der Waals surface area (Å²) in [6.45, 7) is 0. The van der Waals surface area contributed by atoms with Crippen molar-refractivity contribution < 1.29 is 19.1 Å². The summed E-state index contributed by atoms with van der Waals surface area (Å²) in [5, 5.41) is 16.9. The van der Waals surface area contributed by atoms with Crippen molar-refractivity contribution >= 4 is 29.3 Å². The van der Waals surface area contributed by atoms with Gasteiger partial charge in [0.15, 0.2) is 5.82 Å². The van der Waals surface area contributed by atoms with Crippen LogP contribution in [0.1, 0.15) is 20.8 Å². The van der Waals surface area contributed by atoms with Gasteiger partial charge in [0, 0.05) is 11.1 Å². The normalized spacial score (nSPS) is 10.2. The van der Waals surface area contributed by atoms with Gasteiger partial charge in [-0.3, -0.25) is 9.89 Å². The molecule has 0 radical (unpaired) electrons. The molecule has 0 aliphatic carbocycles. The van der Waals surface area contributed by atoms with E-state index in [2.05, 4.69) is 15.5 Å². The van der Waals surface area contributed by atoms with Crippen LogP contribution in [0.2, 0.25) is 5.02 Å². The number of halogens is 2. The smallest absolute Gasteiger partial charge is 0.353 e. The maximum Gasteiger partial charge on any atom is 0.353 e. The molecule has 0 bridgehead atoms. The topological polar surface area (TPSA) is 95.1 Å². The Hall–Kier alpha value is -2.41. The Bertz CT molecular complexity index is 656. The van der Waals surface area contributed by atoms with E-state index in [-0.39, 0.29) is 22.1 Å². The fourth-order valence-electron chi connectivity index (χ4n) is 1.35. The molecule has 2 rings (SSSR count). The number of benzene rings is 1. The second kappa shape index (κ2) is 5.07. The summed E-state index contributed by atoms with van der Waals surface area (Å²) in [4.78, 5) is 22.4. The van der Waals surface area contributed by atoms with Gasteiger partial charge in [-0.2, -0.15) is 5.10 Å². The number of anilines is 1. The Morgan fingerprint density at radius 3 is 2.74 bits per heavy atom. The third kappa shape index (κ3) is 2.89.